The van der Waals surface area contributed by atoms with Crippen LogP contribution in [0.1, 0.15) is 27.8 Å². The van der Waals surface area contributed by atoms with Crippen molar-refractivity contribution in [1.29, 1.82) is 0 Å². The molecule has 0 amide bonds. The number of pyridine rings is 1. The van der Waals surface area contributed by atoms with E-state index in [2.05, 4.69) is 188 Å². The molecule has 56 heavy (non-hydrogen) atoms. The number of hydrogen-bond donors (Lipinski definition) is 0. The van der Waals surface area contributed by atoms with Crippen LogP contribution in [-0.4, -0.2) is 15.0 Å². The predicted octanol–water partition coefficient (Wildman–Crippen LogP) is 12.9. The third kappa shape index (κ3) is 4.87. The molecule has 2 aliphatic carbocycles. The minimum absolute atomic E-state index is 0.564. The lowest BCUT2D eigenvalue weighted by Crippen LogP contribution is -2.29. The van der Waals surface area contributed by atoms with Gasteiger partial charge in [-0.1, -0.05) is 169 Å². The van der Waals surface area contributed by atoms with Crippen LogP contribution >= 0.6 is 0 Å². The lowest BCUT2D eigenvalue weighted by Gasteiger charge is -2.35. The SMILES string of the molecule is Cc1ccc(-c2nc(-c3ccc(-c4cccnc4)cc3)cc(-c3ccc4c(c3)C3(c5ccccc5-c5ccccc5-4)c4ccccc4-c4ccccc43)n2)cc1. The molecule has 262 valence electrons. The van der Waals surface area contributed by atoms with Crippen LogP contribution in [0, 0.1) is 6.92 Å². The molecule has 11 rings (SSSR count). The molecule has 2 aromatic heterocycles. The van der Waals surface area contributed by atoms with Crippen LogP contribution in [0.3, 0.4) is 0 Å². The molecule has 0 bridgehead atoms. The number of aryl methyl sites for hydroxylation is 1. The molecule has 3 heteroatoms. The normalized spacial score (nSPS) is 12.9. The van der Waals surface area contributed by atoms with Crippen LogP contribution in [0.2, 0.25) is 0 Å². The Balaban J connectivity index is 1.18. The topological polar surface area (TPSA) is 38.7 Å². The van der Waals surface area contributed by atoms with Gasteiger partial charge in [-0.15, -0.1) is 0 Å². The fourth-order valence-electron chi connectivity index (χ4n) is 9.15. The lowest BCUT2D eigenvalue weighted by atomic mass is 9.65. The molecular weight excluding hydrogens is 679 g/mol. The molecule has 0 radical (unpaired) electrons. The van der Waals surface area contributed by atoms with Gasteiger partial charge >= 0.3 is 0 Å². The van der Waals surface area contributed by atoms with E-state index in [9.17, 15) is 0 Å². The number of hydrogen-bond acceptors (Lipinski definition) is 3. The average molecular weight is 714 g/mol. The zero-order chi connectivity index (χ0) is 37.2. The van der Waals surface area contributed by atoms with Crippen molar-refractivity contribution >= 4 is 0 Å². The summed E-state index contributed by atoms with van der Waals surface area (Å²) in [6.45, 7) is 2.11. The summed E-state index contributed by atoms with van der Waals surface area (Å²) in [6.07, 6.45) is 3.70. The maximum Gasteiger partial charge on any atom is 0.160 e. The summed E-state index contributed by atoms with van der Waals surface area (Å²) in [5.41, 5.74) is 20.3. The molecule has 1 spiro atoms. The van der Waals surface area contributed by atoms with Gasteiger partial charge in [-0.3, -0.25) is 4.98 Å². The summed E-state index contributed by atoms with van der Waals surface area (Å²) in [7, 11) is 0. The Bertz CT molecular complexity index is 2920. The van der Waals surface area contributed by atoms with E-state index < -0.39 is 5.41 Å². The number of benzene rings is 7. The third-order valence-electron chi connectivity index (χ3n) is 11.7. The van der Waals surface area contributed by atoms with Crippen LogP contribution in [-0.2, 0) is 5.41 Å². The van der Waals surface area contributed by atoms with Gasteiger partial charge < -0.3 is 0 Å². The van der Waals surface area contributed by atoms with Gasteiger partial charge in [0.05, 0.1) is 16.8 Å². The summed E-state index contributed by atoms with van der Waals surface area (Å²) in [5, 5.41) is 0. The Hall–Kier alpha value is -7.23. The third-order valence-corrected chi connectivity index (χ3v) is 11.7. The van der Waals surface area contributed by atoms with Crippen LogP contribution in [0.25, 0.3) is 78.4 Å². The molecule has 9 aromatic rings. The van der Waals surface area contributed by atoms with Gasteiger partial charge in [0.25, 0.3) is 0 Å². The van der Waals surface area contributed by atoms with Gasteiger partial charge in [0.1, 0.15) is 0 Å². The van der Waals surface area contributed by atoms with Crippen LogP contribution in [0.15, 0.2) is 194 Å². The molecule has 0 saturated heterocycles. The first-order valence-corrected chi connectivity index (χ1v) is 19.2. The zero-order valence-corrected chi connectivity index (χ0v) is 30.8. The quantitative estimate of drug-likeness (QED) is 0.182. The second-order valence-corrected chi connectivity index (χ2v) is 14.8. The van der Waals surface area contributed by atoms with E-state index in [1.54, 1.807) is 6.20 Å². The van der Waals surface area contributed by atoms with E-state index in [4.69, 9.17) is 9.97 Å². The van der Waals surface area contributed by atoms with E-state index in [1.807, 2.05) is 12.3 Å². The number of aromatic nitrogens is 3. The van der Waals surface area contributed by atoms with Gasteiger partial charge in [-0.25, -0.2) is 9.97 Å². The molecule has 0 fully saturated rings. The minimum atomic E-state index is -0.564. The van der Waals surface area contributed by atoms with E-state index in [0.29, 0.717) is 5.82 Å². The maximum atomic E-state index is 5.34. The Kier molecular flexibility index (Phi) is 7.30. The Morgan fingerprint density at radius 3 is 1.43 bits per heavy atom. The smallest absolute Gasteiger partial charge is 0.160 e. The average Bonchev–Trinajstić information content (AvgIpc) is 3.52. The summed E-state index contributed by atoms with van der Waals surface area (Å²) in [4.78, 5) is 14.9. The van der Waals surface area contributed by atoms with E-state index in [-0.39, 0.29) is 0 Å². The van der Waals surface area contributed by atoms with Crippen LogP contribution in [0.4, 0.5) is 0 Å². The standard InChI is InChI=1S/C53H35N3/c1-34-20-22-37(23-21-34)52-55-50(36-26-24-35(25-27-36)39-11-10-30-54-33-39)32-51(56-52)38-28-29-45-41-13-3-2-12-40(41)42-14-4-7-17-46(42)53(49(45)31-38)47-18-8-5-15-43(47)44-16-6-9-19-48(44)53/h2-33H,1H3. The summed E-state index contributed by atoms with van der Waals surface area (Å²) in [6, 6.07) is 66.2. The molecule has 7 aromatic carbocycles. The van der Waals surface area contributed by atoms with Crippen LogP contribution < -0.4 is 0 Å². The Morgan fingerprint density at radius 1 is 0.357 bits per heavy atom. The first kappa shape index (κ1) is 32.2. The van der Waals surface area contributed by atoms with Crippen molar-refractivity contribution in [2.24, 2.45) is 0 Å². The molecule has 3 nitrogen and oxygen atoms in total. The molecule has 2 heterocycles. The second-order valence-electron chi connectivity index (χ2n) is 14.8. The first-order chi connectivity index (χ1) is 27.7. The molecule has 0 atom stereocenters. The van der Waals surface area contributed by atoms with Crippen molar-refractivity contribution in [1.82, 2.24) is 15.0 Å². The van der Waals surface area contributed by atoms with Crippen molar-refractivity contribution in [2.75, 3.05) is 0 Å². The highest BCUT2D eigenvalue weighted by atomic mass is 14.9. The highest BCUT2D eigenvalue weighted by molar-refractivity contribution is 5.98. The monoisotopic (exact) mass is 713 g/mol. The van der Waals surface area contributed by atoms with Gasteiger partial charge in [0, 0.05) is 29.1 Å². The summed E-state index contributed by atoms with van der Waals surface area (Å²) in [5.74, 6) is 0.700. The van der Waals surface area contributed by atoms with E-state index >= 15 is 0 Å². The molecule has 0 aliphatic heterocycles. The fourth-order valence-corrected chi connectivity index (χ4v) is 9.15. The van der Waals surface area contributed by atoms with Gasteiger partial charge in [-0.2, -0.15) is 0 Å². The maximum absolute atomic E-state index is 5.34. The largest absolute Gasteiger partial charge is 0.264 e. The van der Waals surface area contributed by atoms with Crippen molar-refractivity contribution in [3.05, 3.63) is 222 Å². The van der Waals surface area contributed by atoms with Crippen molar-refractivity contribution in [3.63, 3.8) is 0 Å². The molecular formula is C53H35N3. The second kappa shape index (κ2) is 12.7. The number of rotatable bonds is 4. The predicted molar refractivity (Wildman–Crippen MR) is 228 cm³/mol. The zero-order valence-electron chi connectivity index (χ0n) is 30.8. The number of fused-ring (bicyclic) bond motifs is 12. The van der Waals surface area contributed by atoms with Gasteiger partial charge in [0.2, 0.25) is 0 Å². The van der Waals surface area contributed by atoms with Crippen molar-refractivity contribution in [3.8, 4) is 78.4 Å². The first-order valence-electron chi connectivity index (χ1n) is 19.2. The van der Waals surface area contributed by atoms with Crippen LogP contribution in [0.5, 0.6) is 0 Å². The van der Waals surface area contributed by atoms with E-state index in [1.165, 1.54) is 61.2 Å². The Morgan fingerprint density at radius 2 is 0.839 bits per heavy atom. The molecule has 2 aliphatic rings. The highest BCUT2D eigenvalue weighted by Crippen LogP contribution is 2.61. The van der Waals surface area contributed by atoms with Gasteiger partial charge in [0.15, 0.2) is 5.82 Å². The number of nitrogens with zero attached hydrogens (tertiary/aromatic N) is 3. The van der Waals surface area contributed by atoms with Crippen molar-refractivity contribution in [2.45, 2.75) is 12.3 Å². The highest BCUT2D eigenvalue weighted by Gasteiger charge is 2.49. The van der Waals surface area contributed by atoms with Crippen molar-refractivity contribution < 1.29 is 0 Å². The fraction of sp³-hybridized carbons (Fsp3) is 0.0377. The lowest BCUT2D eigenvalue weighted by molar-refractivity contribution is 0.775. The summed E-state index contributed by atoms with van der Waals surface area (Å²) < 4.78 is 0. The minimum Gasteiger partial charge on any atom is -0.264 e. The molecule has 0 saturated carbocycles. The molecule has 0 N–H and O–H groups in total. The molecule has 0 unspecified atom stereocenters. The van der Waals surface area contributed by atoms with Gasteiger partial charge in [-0.05, 0) is 91.9 Å². The summed E-state index contributed by atoms with van der Waals surface area (Å²) >= 11 is 0. The Labute approximate surface area is 326 Å². The van der Waals surface area contributed by atoms with E-state index in [0.717, 1.165) is 39.2 Å².